The molecule has 0 atom stereocenters. The lowest BCUT2D eigenvalue weighted by Crippen LogP contribution is -2.08. The van der Waals surface area contributed by atoms with Crippen molar-refractivity contribution in [3.05, 3.63) is 24.2 Å². The largest absolute Gasteiger partial charge is 0.461 e. The molecule has 2 aromatic heterocycles. The van der Waals surface area contributed by atoms with E-state index >= 15 is 0 Å². The van der Waals surface area contributed by atoms with Crippen molar-refractivity contribution in [3.8, 4) is 11.6 Å². The van der Waals surface area contributed by atoms with Gasteiger partial charge in [0.15, 0.2) is 5.76 Å². The molecule has 14 heavy (non-hydrogen) atoms. The Labute approximate surface area is 81.5 Å². The molecule has 0 saturated carbocycles. The smallest absolute Gasteiger partial charge is 0.217 e. The molecule has 0 unspecified atom stereocenters. The Morgan fingerprint density at radius 1 is 1.57 bits per heavy atom. The molecule has 2 aromatic rings. The van der Waals surface area contributed by atoms with Gasteiger partial charge in [-0.25, -0.2) is 4.98 Å². The Kier molecular flexibility index (Phi) is 2.32. The zero-order valence-electron chi connectivity index (χ0n) is 7.97. The summed E-state index contributed by atoms with van der Waals surface area (Å²) in [7, 11) is 1.85. The number of furan rings is 1. The quantitative estimate of drug-likeness (QED) is 0.772. The molecule has 74 valence electrons. The van der Waals surface area contributed by atoms with E-state index in [1.165, 1.54) is 0 Å². The van der Waals surface area contributed by atoms with Gasteiger partial charge < -0.3 is 10.2 Å². The van der Waals surface area contributed by atoms with E-state index in [4.69, 9.17) is 10.2 Å². The number of aromatic nitrogens is 3. The van der Waals surface area contributed by atoms with Crippen LogP contribution in [0.4, 0.5) is 0 Å². The van der Waals surface area contributed by atoms with Crippen molar-refractivity contribution in [2.24, 2.45) is 12.8 Å². The lowest BCUT2D eigenvalue weighted by Gasteiger charge is -1.93. The lowest BCUT2D eigenvalue weighted by atomic mass is 10.4. The Hall–Kier alpha value is -1.62. The number of hydrogen-bond acceptors (Lipinski definition) is 4. The van der Waals surface area contributed by atoms with E-state index in [0.29, 0.717) is 18.1 Å². The number of rotatable bonds is 3. The van der Waals surface area contributed by atoms with E-state index in [2.05, 4.69) is 10.1 Å². The Morgan fingerprint density at radius 3 is 3.07 bits per heavy atom. The van der Waals surface area contributed by atoms with Crippen LogP contribution in [0.15, 0.2) is 22.8 Å². The molecule has 0 aliphatic carbocycles. The van der Waals surface area contributed by atoms with Crippen LogP contribution in [0.1, 0.15) is 5.82 Å². The third-order valence-electron chi connectivity index (χ3n) is 1.96. The number of hydrogen-bond donors (Lipinski definition) is 1. The van der Waals surface area contributed by atoms with Crippen LogP contribution in [0.2, 0.25) is 0 Å². The predicted octanol–water partition coefficient (Wildman–Crippen LogP) is 0.576. The molecular formula is C9H12N4O. The van der Waals surface area contributed by atoms with Crippen molar-refractivity contribution in [3.63, 3.8) is 0 Å². The average molecular weight is 192 g/mol. The van der Waals surface area contributed by atoms with Crippen molar-refractivity contribution in [1.29, 1.82) is 0 Å². The first-order valence-corrected chi connectivity index (χ1v) is 4.45. The van der Waals surface area contributed by atoms with Gasteiger partial charge in [-0.05, 0) is 18.7 Å². The highest BCUT2D eigenvalue weighted by molar-refractivity contribution is 5.45. The molecule has 0 radical (unpaired) electrons. The second kappa shape index (κ2) is 3.63. The van der Waals surface area contributed by atoms with E-state index in [1.807, 2.05) is 19.2 Å². The van der Waals surface area contributed by atoms with Crippen LogP contribution in [0, 0.1) is 0 Å². The van der Waals surface area contributed by atoms with Crippen molar-refractivity contribution >= 4 is 0 Å². The average Bonchev–Trinajstić information content (AvgIpc) is 2.76. The SMILES string of the molecule is Cn1nc(-c2ccco2)nc1CCN. The van der Waals surface area contributed by atoms with Crippen molar-refractivity contribution in [2.45, 2.75) is 6.42 Å². The van der Waals surface area contributed by atoms with Gasteiger partial charge in [0.1, 0.15) is 5.82 Å². The molecular weight excluding hydrogens is 180 g/mol. The number of nitrogens with two attached hydrogens (primary N) is 1. The Balaban J connectivity index is 2.33. The summed E-state index contributed by atoms with van der Waals surface area (Å²) in [5.74, 6) is 2.17. The number of aryl methyl sites for hydroxylation is 1. The molecule has 0 bridgehead atoms. The maximum absolute atomic E-state index is 5.45. The fourth-order valence-electron chi connectivity index (χ4n) is 1.27. The molecule has 2 heterocycles. The minimum atomic E-state index is 0.574. The standard InChI is InChI=1S/C9H12N4O/c1-13-8(4-5-10)11-9(12-13)7-3-2-6-14-7/h2-3,6H,4-5,10H2,1H3. The topological polar surface area (TPSA) is 69.9 Å². The van der Waals surface area contributed by atoms with Gasteiger partial charge in [0.25, 0.3) is 0 Å². The first-order valence-electron chi connectivity index (χ1n) is 4.45. The van der Waals surface area contributed by atoms with E-state index in [-0.39, 0.29) is 0 Å². The van der Waals surface area contributed by atoms with Crippen LogP contribution in [-0.4, -0.2) is 21.3 Å². The van der Waals surface area contributed by atoms with Gasteiger partial charge in [0.05, 0.1) is 6.26 Å². The van der Waals surface area contributed by atoms with E-state index in [1.54, 1.807) is 10.9 Å². The van der Waals surface area contributed by atoms with Crippen molar-refractivity contribution in [1.82, 2.24) is 14.8 Å². The zero-order chi connectivity index (χ0) is 9.97. The molecule has 0 saturated heterocycles. The first-order chi connectivity index (χ1) is 6.81. The van der Waals surface area contributed by atoms with E-state index in [9.17, 15) is 0 Å². The molecule has 5 heteroatoms. The van der Waals surface area contributed by atoms with Crippen molar-refractivity contribution in [2.75, 3.05) is 6.54 Å². The zero-order valence-corrected chi connectivity index (χ0v) is 7.97. The molecule has 0 aliphatic rings. The second-order valence-electron chi connectivity index (χ2n) is 2.99. The molecule has 2 N–H and O–H groups in total. The van der Waals surface area contributed by atoms with Gasteiger partial charge in [0, 0.05) is 13.5 Å². The van der Waals surface area contributed by atoms with Crippen LogP contribution >= 0.6 is 0 Å². The van der Waals surface area contributed by atoms with Gasteiger partial charge in [-0.2, -0.15) is 0 Å². The van der Waals surface area contributed by atoms with Crippen LogP contribution in [0.3, 0.4) is 0 Å². The van der Waals surface area contributed by atoms with Crippen LogP contribution in [-0.2, 0) is 13.5 Å². The van der Waals surface area contributed by atoms with Crippen LogP contribution < -0.4 is 5.73 Å². The molecule has 2 rings (SSSR count). The van der Waals surface area contributed by atoms with E-state index < -0.39 is 0 Å². The highest BCUT2D eigenvalue weighted by Crippen LogP contribution is 2.15. The highest BCUT2D eigenvalue weighted by atomic mass is 16.3. The summed E-state index contributed by atoms with van der Waals surface area (Å²) in [6.07, 6.45) is 2.33. The Bertz CT molecular complexity index is 404. The maximum atomic E-state index is 5.45. The summed E-state index contributed by atoms with van der Waals surface area (Å²) in [5.41, 5.74) is 5.45. The molecule has 0 fully saturated rings. The fourth-order valence-corrected chi connectivity index (χ4v) is 1.27. The monoisotopic (exact) mass is 192 g/mol. The summed E-state index contributed by atoms with van der Waals surface area (Å²) in [4.78, 5) is 4.32. The van der Waals surface area contributed by atoms with Gasteiger partial charge in [-0.15, -0.1) is 5.10 Å². The van der Waals surface area contributed by atoms with Gasteiger partial charge in [-0.3, -0.25) is 4.68 Å². The third kappa shape index (κ3) is 1.54. The Morgan fingerprint density at radius 2 is 2.43 bits per heavy atom. The molecule has 0 aliphatic heterocycles. The van der Waals surface area contributed by atoms with E-state index in [0.717, 1.165) is 12.2 Å². The summed E-state index contributed by atoms with van der Waals surface area (Å²) < 4.78 is 6.92. The molecule has 5 nitrogen and oxygen atoms in total. The maximum Gasteiger partial charge on any atom is 0.217 e. The molecule has 0 amide bonds. The molecule has 0 aromatic carbocycles. The summed E-state index contributed by atoms with van der Waals surface area (Å²) >= 11 is 0. The summed E-state index contributed by atoms with van der Waals surface area (Å²) in [6, 6.07) is 3.65. The predicted molar refractivity (Wildman–Crippen MR) is 51.5 cm³/mol. The third-order valence-corrected chi connectivity index (χ3v) is 1.96. The lowest BCUT2D eigenvalue weighted by molar-refractivity contribution is 0.576. The van der Waals surface area contributed by atoms with Gasteiger partial charge in [0.2, 0.25) is 5.82 Å². The second-order valence-corrected chi connectivity index (χ2v) is 2.99. The number of nitrogens with zero attached hydrogens (tertiary/aromatic N) is 3. The summed E-state index contributed by atoms with van der Waals surface area (Å²) in [6.45, 7) is 0.574. The minimum absolute atomic E-state index is 0.574. The van der Waals surface area contributed by atoms with Gasteiger partial charge >= 0.3 is 0 Å². The normalized spacial score (nSPS) is 10.7. The fraction of sp³-hybridized carbons (Fsp3) is 0.333. The summed E-state index contributed by atoms with van der Waals surface area (Å²) in [5, 5.41) is 4.23. The van der Waals surface area contributed by atoms with Gasteiger partial charge in [-0.1, -0.05) is 0 Å². The van der Waals surface area contributed by atoms with Crippen LogP contribution in [0.5, 0.6) is 0 Å². The minimum Gasteiger partial charge on any atom is -0.461 e. The first kappa shape index (κ1) is 8.96. The van der Waals surface area contributed by atoms with Crippen molar-refractivity contribution < 1.29 is 4.42 Å². The van der Waals surface area contributed by atoms with Crippen LogP contribution in [0.25, 0.3) is 11.6 Å². The highest BCUT2D eigenvalue weighted by Gasteiger charge is 2.09. The molecule has 0 spiro atoms.